The van der Waals surface area contributed by atoms with Crippen molar-refractivity contribution in [1.82, 2.24) is 9.88 Å². The molecule has 6 nitrogen and oxygen atoms in total. The molecule has 1 saturated heterocycles. The van der Waals surface area contributed by atoms with E-state index in [4.69, 9.17) is 5.73 Å². The predicted molar refractivity (Wildman–Crippen MR) is 103 cm³/mol. The number of aromatic nitrogens is 1. The molecule has 1 aromatic heterocycles. The lowest BCUT2D eigenvalue weighted by atomic mass is 9.96. The van der Waals surface area contributed by atoms with Gasteiger partial charge in [0.25, 0.3) is 0 Å². The largest absolute Gasteiger partial charge is 0.342 e. The van der Waals surface area contributed by atoms with Gasteiger partial charge in [0.15, 0.2) is 0 Å². The van der Waals surface area contributed by atoms with E-state index in [1.165, 1.54) is 0 Å². The van der Waals surface area contributed by atoms with E-state index in [9.17, 15) is 9.59 Å². The molecule has 3 N–H and O–H groups in total. The highest BCUT2D eigenvalue weighted by Gasteiger charge is 2.28. The number of anilines is 1. The van der Waals surface area contributed by atoms with Crippen molar-refractivity contribution in [2.45, 2.75) is 32.2 Å². The molecule has 1 aliphatic heterocycles. The first kappa shape index (κ1) is 23.1. The van der Waals surface area contributed by atoms with Gasteiger partial charge in [-0.2, -0.15) is 0 Å². The molecule has 2 unspecified atom stereocenters. The molecule has 2 atom stereocenters. The Balaban J connectivity index is 0.00000264. The zero-order valence-electron chi connectivity index (χ0n) is 13.4. The molecule has 136 valence electrons. The molecule has 2 heterocycles. The first-order chi connectivity index (χ1) is 10.5. The number of rotatable bonds is 4. The van der Waals surface area contributed by atoms with E-state index in [0.29, 0.717) is 25.3 Å². The van der Waals surface area contributed by atoms with Gasteiger partial charge < -0.3 is 16.0 Å². The molecule has 9 heteroatoms. The molecule has 0 radical (unpaired) electrons. The van der Waals surface area contributed by atoms with Crippen LogP contribution in [0.1, 0.15) is 26.2 Å². The quantitative estimate of drug-likeness (QED) is 0.751. The fourth-order valence-electron chi connectivity index (χ4n) is 2.50. The Labute approximate surface area is 162 Å². The summed E-state index contributed by atoms with van der Waals surface area (Å²) in [5.41, 5.74) is 5.67. The molecule has 0 spiro atoms. The standard InChI is InChI=1S/C15H21BrN4O2.2ClH/c1-10(17)7-14(21)20-6-2-3-11(9-20)15(22)19-13-5-4-12(16)8-18-13;;/h4-5,8,10-11H,2-3,6-7,9,17H2,1H3,(H,18,19,22);2*1H. The molecule has 2 rings (SSSR count). The highest BCUT2D eigenvalue weighted by Crippen LogP contribution is 2.19. The molecule has 24 heavy (non-hydrogen) atoms. The third-order valence-electron chi connectivity index (χ3n) is 3.62. The van der Waals surface area contributed by atoms with Crippen LogP contribution in [0.2, 0.25) is 0 Å². The second kappa shape index (κ2) is 10.9. The zero-order chi connectivity index (χ0) is 16.1. The third-order valence-corrected chi connectivity index (χ3v) is 4.09. The Morgan fingerprint density at radius 2 is 2.17 bits per heavy atom. The van der Waals surface area contributed by atoms with E-state index in [0.717, 1.165) is 17.3 Å². The predicted octanol–water partition coefficient (Wildman–Crippen LogP) is 2.60. The molecule has 1 aliphatic rings. The van der Waals surface area contributed by atoms with Crippen molar-refractivity contribution in [2.24, 2.45) is 11.7 Å². The highest BCUT2D eigenvalue weighted by atomic mass is 79.9. The van der Waals surface area contributed by atoms with Gasteiger partial charge >= 0.3 is 0 Å². The van der Waals surface area contributed by atoms with Crippen LogP contribution in [0, 0.1) is 5.92 Å². The molecule has 1 aromatic rings. The van der Waals surface area contributed by atoms with Crippen LogP contribution in [0.3, 0.4) is 0 Å². The van der Waals surface area contributed by atoms with Gasteiger partial charge in [-0.1, -0.05) is 0 Å². The van der Waals surface area contributed by atoms with Crippen LogP contribution < -0.4 is 11.1 Å². The lowest BCUT2D eigenvalue weighted by Gasteiger charge is -2.32. The topological polar surface area (TPSA) is 88.3 Å². The van der Waals surface area contributed by atoms with Crippen molar-refractivity contribution >= 4 is 58.4 Å². The van der Waals surface area contributed by atoms with E-state index in [-0.39, 0.29) is 48.6 Å². The summed E-state index contributed by atoms with van der Waals surface area (Å²) in [6.07, 6.45) is 3.57. The number of carbonyl (C=O) groups is 2. The molecular formula is C15H23BrCl2N4O2. The Morgan fingerprint density at radius 3 is 2.75 bits per heavy atom. The minimum atomic E-state index is -0.198. The average molecular weight is 442 g/mol. The minimum Gasteiger partial charge on any atom is -0.342 e. The minimum absolute atomic E-state index is 0. The normalized spacial score (nSPS) is 18.0. The van der Waals surface area contributed by atoms with Gasteiger partial charge in [-0.3, -0.25) is 9.59 Å². The SMILES string of the molecule is CC(N)CC(=O)N1CCCC(C(=O)Nc2ccc(Br)cn2)C1.Cl.Cl. The molecule has 0 aliphatic carbocycles. The van der Waals surface area contributed by atoms with Crippen LogP contribution >= 0.6 is 40.7 Å². The maximum absolute atomic E-state index is 12.3. The number of halogens is 3. The van der Waals surface area contributed by atoms with Crippen LogP contribution in [0.4, 0.5) is 5.82 Å². The number of nitrogens with zero attached hydrogens (tertiary/aromatic N) is 2. The summed E-state index contributed by atoms with van der Waals surface area (Å²) < 4.78 is 0.857. The maximum atomic E-state index is 12.3. The summed E-state index contributed by atoms with van der Waals surface area (Å²) >= 11 is 3.30. The number of pyridine rings is 1. The van der Waals surface area contributed by atoms with Gasteiger partial charge in [0, 0.05) is 36.2 Å². The Bertz CT molecular complexity index is 543. The van der Waals surface area contributed by atoms with E-state index < -0.39 is 0 Å². The van der Waals surface area contributed by atoms with Gasteiger partial charge in [-0.05, 0) is 47.8 Å². The van der Waals surface area contributed by atoms with E-state index in [1.807, 2.05) is 13.0 Å². The van der Waals surface area contributed by atoms with Crippen molar-refractivity contribution in [3.63, 3.8) is 0 Å². The molecule has 0 aromatic carbocycles. The first-order valence-electron chi connectivity index (χ1n) is 7.41. The van der Waals surface area contributed by atoms with Gasteiger partial charge in [-0.15, -0.1) is 24.8 Å². The van der Waals surface area contributed by atoms with Crippen LogP contribution in [0.25, 0.3) is 0 Å². The summed E-state index contributed by atoms with van der Waals surface area (Å²) in [7, 11) is 0. The molecule has 2 amide bonds. The molecule has 0 bridgehead atoms. The summed E-state index contributed by atoms with van der Waals surface area (Å²) in [5, 5.41) is 2.81. The van der Waals surface area contributed by atoms with Crippen molar-refractivity contribution in [1.29, 1.82) is 0 Å². The number of nitrogens with two attached hydrogens (primary N) is 1. The van der Waals surface area contributed by atoms with Gasteiger partial charge in [0.2, 0.25) is 11.8 Å². The Morgan fingerprint density at radius 1 is 1.46 bits per heavy atom. The highest BCUT2D eigenvalue weighted by molar-refractivity contribution is 9.10. The fraction of sp³-hybridized carbons (Fsp3) is 0.533. The van der Waals surface area contributed by atoms with Gasteiger partial charge in [-0.25, -0.2) is 4.98 Å². The zero-order valence-corrected chi connectivity index (χ0v) is 16.6. The second-order valence-corrected chi connectivity index (χ2v) is 6.63. The summed E-state index contributed by atoms with van der Waals surface area (Å²) in [6, 6.07) is 3.40. The van der Waals surface area contributed by atoms with Crippen LogP contribution in [0.5, 0.6) is 0 Å². The van der Waals surface area contributed by atoms with E-state index in [1.54, 1.807) is 17.2 Å². The van der Waals surface area contributed by atoms with Crippen molar-refractivity contribution < 1.29 is 9.59 Å². The third kappa shape index (κ3) is 6.93. The van der Waals surface area contributed by atoms with Gasteiger partial charge in [0.05, 0.1) is 5.92 Å². The summed E-state index contributed by atoms with van der Waals surface area (Å²) in [6.45, 7) is 2.96. The van der Waals surface area contributed by atoms with Crippen LogP contribution in [-0.2, 0) is 9.59 Å². The van der Waals surface area contributed by atoms with Crippen molar-refractivity contribution in [3.8, 4) is 0 Å². The van der Waals surface area contributed by atoms with Crippen molar-refractivity contribution in [3.05, 3.63) is 22.8 Å². The van der Waals surface area contributed by atoms with E-state index in [2.05, 4.69) is 26.2 Å². The average Bonchev–Trinajstić information content (AvgIpc) is 2.49. The Kier molecular flexibility index (Phi) is 10.5. The number of carbonyl (C=O) groups excluding carboxylic acids is 2. The number of likely N-dealkylation sites (tertiary alicyclic amines) is 1. The maximum Gasteiger partial charge on any atom is 0.230 e. The molecular weight excluding hydrogens is 419 g/mol. The van der Waals surface area contributed by atoms with E-state index >= 15 is 0 Å². The second-order valence-electron chi connectivity index (χ2n) is 5.71. The number of hydrogen-bond acceptors (Lipinski definition) is 4. The Hall–Kier alpha value is -0.890. The van der Waals surface area contributed by atoms with Crippen molar-refractivity contribution in [2.75, 3.05) is 18.4 Å². The molecule has 0 saturated carbocycles. The van der Waals surface area contributed by atoms with Crippen LogP contribution in [-0.4, -0.2) is 40.8 Å². The van der Waals surface area contributed by atoms with Gasteiger partial charge in [0.1, 0.15) is 5.82 Å². The number of piperidine rings is 1. The summed E-state index contributed by atoms with van der Waals surface area (Å²) in [4.78, 5) is 30.3. The number of hydrogen-bond donors (Lipinski definition) is 2. The number of nitrogens with one attached hydrogen (secondary N) is 1. The smallest absolute Gasteiger partial charge is 0.230 e. The lowest BCUT2D eigenvalue weighted by Crippen LogP contribution is -2.45. The fourth-order valence-corrected chi connectivity index (χ4v) is 2.73. The summed E-state index contributed by atoms with van der Waals surface area (Å²) in [5.74, 6) is 0.255. The monoisotopic (exact) mass is 440 g/mol. The lowest BCUT2D eigenvalue weighted by molar-refractivity contribution is -0.134. The first-order valence-corrected chi connectivity index (χ1v) is 8.21. The molecule has 1 fully saturated rings. The number of amides is 2. The van der Waals surface area contributed by atoms with Crippen LogP contribution in [0.15, 0.2) is 22.8 Å².